The Morgan fingerprint density at radius 2 is 2.32 bits per heavy atom. The number of fused-ring (bicyclic) bond motifs is 1. The number of aromatic nitrogens is 1. The molecule has 1 N–H and O–H groups in total. The Labute approximate surface area is 129 Å². The fraction of sp³-hybridized carbons (Fsp3) is 0.294. The molecular formula is C17H18N2O3. The molecule has 5 nitrogen and oxygen atoms in total. The molecular weight excluding hydrogens is 280 g/mol. The average molecular weight is 298 g/mol. The minimum atomic E-state index is -1.06. The highest BCUT2D eigenvalue weighted by Gasteiger charge is 2.32. The third kappa shape index (κ3) is 2.23. The Morgan fingerprint density at radius 1 is 1.64 bits per heavy atom. The number of nitrogens with zero attached hydrogens (tertiary/aromatic N) is 2. The number of allylic oxidation sites excluding steroid dienone is 1. The molecule has 5 heteroatoms. The molecule has 2 aromatic rings. The first kappa shape index (κ1) is 15.6. The topological polar surface area (TPSA) is 75.2 Å². The average Bonchev–Trinajstić information content (AvgIpc) is 2.92. The number of nitriles is 1. The monoisotopic (exact) mass is 298 g/mol. The summed E-state index contributed by atoms with van der Waals surface area (Å²) in [5, 5.41) is 19.7. The van der Waals surface area contributed by atoms with Crippen molar-refractivity contribution in [3.63, 3.8) is 0 Å². The zero-order chi connectivity index (χ0) is 16.5. The SMILES string of the molecule is C=CCC(C)(C#N)c1c(OC)cc(C)c2c1ccn2C(=O)O. The van der Waals surface area contributed by atoms with Crippen LogP contribution in [-0.4, -0.2) is 22.9 Å². The van der Waals surface area contributed by atoms with E-state index in [1.807, 2.05) is 6.92 Å². The van der Waals surface area contributed by atoms with E-state index < -0.39 is 11.5 Å². The van der Waals surface area contributed by atoms with Crippen LogP contribution in [0.2, 0.25) is 0 Å². The highest BCUT2D eigenvalue weighted by Crippen LogP contribution is 2.41. The number of carboxylic acid groups (broad SMARTS) is 1. The summed E-state index contributed by atoms with van der Waals surface area (Å²) >= 11 is 0. The van der Waals surface area contributed by atoms with E-state index in [-0.39, 0.29) is 0 Å². The minimum absolute atomic E-state index is 0.441. The maximum absolute atomic E-state index is 11.4. The van der Waals surface area contributed by atoms with Gasteiger partial charge in [-0.3, -0.25) is 4.57 Å². The van der Waals surface area contributed by atoms with Crippen LogP contribution in [0.4, 0.5) is 4.79 Å². The molecule has 0 aliphatic heterocycles. The fourth-order valence-corrected chi connectivity index (χ4v) is 2.89. The zero-order valence-corrected chi connectivity index (χ0v) is 12.9. The molecule has 0 aliphatic rings. The molecule has 2 rings (SSSR count). The summed E-state index contributed by atoms with van der Waals surface area (Å²) in [6, 6.07) is 5.80. The van der Waals surface area contributed by atoms with E-state index in [0.29, 0.717) is 28.6 Å². The lowest BCUT2D eigenvalue weighted by Gasteiger charge is -2.24. The normalized spacial score (nSPS) is 13.4. The molecule has 1 heterocycles. The molecule has 0 bridgehead atoms. The largest absolute Gasteiger partial charge is 0.496 e. The maximum atomic E-state index is 11.4. The molecule has 1 atom stereocenters. The van der Waals surface area contributed by atoms with Gasteiger partial charge in [0.25, 0.3) is 0 Å². The quantitative estimate of drug-likeness (QED) is 0.870. The molecule has 1 aromatic carbocycles. The molecule has 1 unspecified atom stereocenters. The number of hydrogen-bond acceptors (Lipinski definition) is 3. The van der Waals surface area contributed by atoms with Crippen LogP contribution in [0.3, 0.4) is 0 Å². The van der Waals surface area contributed by atoms with E-state index in [9.17, 15) is 15.2 Å². The van der Waals surface area contributed by atoms with Crippen LogP contribution in [0, 0.1) is 18.3 Å². The van der Waals surface area contributed by atoms with Crippen LogP contribution in [0.1, 0.15) is 24.5 Å². The lowest BCUT2D eigenvalue weighted by molar-refractivity contribution is 0.197. The summed E-state index contributed by atoms with van der Waals surface area (Å²) in [6.45, 7) is 7.34. The van der Waals surface area contributed by atoms with Gasteiger partial charge in [-0.2, -0.15) is 5.26 Å². The first-order valence-corrected chi connectivity index (χ1v) is 6.84. The second kappa shape index (κ2) is 5.57. The zero-order valence-electron chi connectivity index (χ0n) is 12.9. The molecule has 0 saturated heterocycles. The number of hydrogen-bond donors (Lipinski definition) is 1. The van der Waals surface area contributed by atoms with Crippen molar-refractivity contribution in [2.75, 3.05) is 7.11 Å². The summed E-state index contributed by atoms with van der Waals surface area (Å²) in [7, 11) is 1.55. The third-order valence-electron chi connectivity index (χ3n) is 3.90. The van der Waals surface area contributed by atoms with Gasteiger partial charge in [0, 0.05) is 17.1 Å². The molecule has 114 valence electrons. The van der Waals surface area contributed by atoms with Crippen LogP contribution in [0.25, 0.3) is 10.9 Å². The predicted octanol–water partition coefficient (Wildman–Crippen LogP) is 3.84. The third-order valence-corrected chi connectivity index (χ3v) is 3.90. The Morgan fingerprint density at radius 3 is 2.82 bits per heavy atom. The number of aryl methyl sites for hydroxylation is 1. The fourth-order valence-electron chi connectivity index (χ4n) is 2.89. The first-order valence-electron chi connectivity index (χ1n) is 6.84. The van der Waals surface area contributed by atoms with E-state index in [1.54, 1.807) is 32.2 Å². The number of rotatable bonds is 4. The second-order valence-corrected chi connectivity index (χ2v) is 5.44. The summed E-state index contributed by atoms with van der Waals surface area (Å²) in [5.74, 6) is 0.582. The number of methoxy groups -OCH3 is 1. The molecule has 1 aromatic heterocycles. The number of carbonyl (C=O) groups is 1. The van der Waals surface area contributed by atoms with Gasteiger partial charge in [0.15, 0.2) is 0 Å². The van der Waals surface area contributed by atoms with Crippen molar-refractivity contribution in [3.05, 3.63) is 42.1 Å². The van der Waals surface area contributed by atoms with E-state index in [1.165, 1.54) is 10.8 Å². The summed E-state index contributed by atoms with van der Waals surface area (Å²) in [5.41, 5.74) is 1.21. The van der Waals surface area contributed by atoms with Crippen LogP contribution in [0.15, 0.2) is 31.0 Å². The summed E-state index contributed by atoms with van der Waals surface area (Å²) in [4.78, 5) is 11.4. The number of ether oxygens (including phenoxy) is 1. The van der Waals surface area contributed by atoms with Crippen LogP contribution in [-0.2, 0) is 5.41 Å². The van der Waals surface area contributed by atoms with Crippen LogP contribution in [0.5, 0.6) is 5.75 Å². The van der Waals surface area contributed by atoms with E-state index >= 15 is 0 Å². The number of benzene rings is 1. The van der Waals surface area contributed by atoms with Crippen molar-refractivity contribution in [1.82, 2.24) is 4.57 Å². The van der Waals surface area contributed by atoms with Gasteiger partial charge in [0.05, 0.1) is 24.1 Å². The van der Waals surface area contributed by atoms with Crippen molar-refractivity contribution in [2.24, 2.45) is 0 Å². The lowest BCUT2D eigenvalue weighted by Crippen LogP contribution is -2.20. The maximum Gasteiger partial charge on any atom is 0.416 e. The van der Waals surface area contributed by atoms with Crippen molar-refractivity contribution in [1.29, 1.82) is 5.26 Å². The van der Waals surface area contributed by atoms with Crippen molar-refractivity contribution in [3.8, 4) is 11.8 Å². The van der Waals surface area contributed by atoms with Crippen molar-refractivity contribution in [2.45, 2.75) is 25.7 Å². The Balaban J connectivity index is 2.94. The summed E-state index contributed by atoms with van der Waals surface area (Å²) < 4.78 is 6.62. The Kier molecular flexibility index (Phi) is 3.96. The Bertz CT molecular complexity index is 798. The van der Waals surface area contributed by atoms with E-state index in [2.05, 4.69) is 12.6 Å². The molecule has 0 amide bonds. The Hall–Kier alpha value is -2.74. The van der Waals surface area contributed by atoms with Gasteiger partial charge in [0.1, 0.15) is 5.75 Å². The standard InChI is InChI=1S/C17H18N2O3/c1-5-7-17(3,10-18)14-12-6-8-19(16(20)21)15(12)11(2)9-13(14)22-4/h5-6,8-9H,1,7H2,2-4H3,(H,20,21). The van der Waals surface area contributed by atoms with Gasteiger partial charge < -0.3 is 9.84 Å². The van der Waals surface area contributed by atoms with Gasteiger partial charge in [0.2, 0.25) is 0 Å². The highest BCUT2D eigenvalue weighted by atomic mass is 16.5. The van der Waals surface area contributed by atoms with Gasteiger partial charge in [-0.1, -0.05) is 6.08 Å². The summed E-state index contributed by atoms with van der Waals surface area (Å²) in [6.07, 6.45) is 2.56. The molecule has 0 radical (unpaired) electrons. The molecule has 22 heavy (non-hydrogen) atoms. The molecule has 0 saturated carbocycles. The van der Waals surface area contributed by atoms with Gasteiger partial charge in [-0.05, 0) is 38.0 Å². The molecule has 0 aliphatic carbocycles. The van der Waals surface area contributed by atoms with Crippen molar-refractivity contribution < 1.29 is 14.6 Å². The van der Waals surface area contributed by atoms with Crippen LogP contribution >= 0.6 is 0 Å². The molecule has 0 fully saturated rings. The van der Waals surface area contributed by atoms with Gasteiger partial charge in [-0.15, -0.1) is 6.58 Å². The lowest BCUT2D eigenvalue weighted by atomic mass is 9.78. The van der Waals surface area contributed by atoms with Gasteiger partial charge >= 0.3 is 6.09 Å². The van der Waals surface area contributed by atoms with Crippen LogP contribution < -0.4 is 4.74 Å². The second-order valence-electron chi connectivity index (χ2n) is 5.44. The van der Waals surface area contributed by atoms with Gasteiger partial charge in [-0.25, -0.2) is 4.79 Å². The smallest absolute Gasteiger partial charge is 0.416 e. The minimum Gasteiger partial charge on any atom is -0.496 e. The first-order chi connectivity index (χ1) is 10.4. The molecule has 0 spiro atoms. The van der Waals surface area contributed by atoms with E-state index in [4.69, 9.17) is 4.74 Å². The highest BCUT2D eigenvalue weighted by molar-refractivity contribution is 5.95. The predicted molar refractivity (Wildman–Crippen MR) is 84.4 cm³/mol. The van der Waals surface area contributed by atoms with E-state index in [0.717, 1.165) is 5.56 Å². The van der Waals surface area contributed by atoms with Crippen molar-refractivity contribution >= 4 is 17.0 Å².